The molecule has 6 heteroatoms. The summed E-state index contributed by atoms with van der Waals surface area (Å²) in [5.41, 5.74) is 0. The average molecular weight is 319 g/mol. The predicted octanol–water partition coefficient (Wildman–Crippen LogP) is -0.184. The van der Waals surface area contributed by atoms with Crippen LogP contribution in [-0.4, -0.2) is 29.4 Å². The maximum Gasteiger partial charge on any atom is 1.00 e. The van der Waals surface area contributed by atoms with Gasteiger partial charge >= 0.3 is 51.4 Å². The van der Waals surface area contributed by atoms with E-state index in [0.29, 0.717) is 25.7 Å². The van der Waals surface area contributed by atoms with E-state index < -0.39 is 15.4 Å². The van der Waals surface area contributed by atoms with Crippen LogP contribution in [0.3, 0.4) is 0 Å². The predicted molar refractivity (Wildman–Crippen MR) is 72.4 cm³/mol. The molecule has 4 nitrogen and oxygen atoms in total. The van der Waals surface area contributed by atoms with Gasteiger partial charge in [0.1, 0.15) is 0 Å². The number of hydrogen-bond acceptors (Lipinski definition) is 4. The van der Waals surface area contributed by atoms with Crippen molar-refractivity contribution in [1.29, 1.82) is 0 Å². The number of rotatable bonds is 11. The van der Waals surface area contributed by atoms with Crippen LogP contribution < -0.4 is 51.4 Å². The van der Waals surface area contributed by atoms with Gasteiger partial charge in [-0.3, -0.25) is 0 Å². The quantitative estimate of drug-likeness (QED) is 0.326. The number of aliphatic hydroxyl groups is 1. The van der Waals surface area contributed by atoms with Gasteiger partial charge in [0.25, 0.3) is 0 Å². The maximum absolute atomic E-state index is 10.9. The molecule has 0 aliphatic carbocycles. The Morgan fingerprint density at radius 2 is 1.58 bits per heavy atom. The smallest absolute Gasteiger partial charge is 0.748 e. The molecule has 0 rings (SSSR count). The van der Waals surface area contributed by atoms with Crippen molar-refractivity contribution in [2.24, 2.45) is 0 Å². The second kappa shape index (κ2) is 13.2. The minimum Gasteiger partial charge on any atom is -0.748 e. The van der Waals surface area contributed by atoms with E-state index in [-0.39, 0.29) is 57.5 Å². The first-order chi connectivity index (χ1) is 8.41. The van der Waals surface area contributed by atoms with Crippen molar-refractivity contribution in [1.82, 2.24) is 0 Å². The van der Waals surface area contributed by atoms with E-state index in [2.05, 4.69) is 6.92 Å². The SMILES string of the molecule is CCCCCCC(O)CCCC(CC)S(=O)(=O)[O-].[K+]. The molecule has 2 atom stereocenters. The van der Waals surface area contributed by atoms with Gasteiger partial charge < -0.3 is 9.66 Å². The standard InChI is InChI=1S/C13H28O4S.K/c1-3-5-6-7-9-12(14)10-8-11-13(4-2)18(15,16)17;/h12-14H,3-11H2,1-2H3,(H,15,16,17);/q;+1/p-1. The molecule has 110 valence electrons. The molecule has 0 spiro atoms. The zero-order chi connectivity index (χ0) is 14.0. The second-order valence-electron chi connectivity index (χ2n) is 4.96. The number of aliphatic hydroxyl groups excluding tert-OH is 1. The first kappa shape index (κ1) is 22.8. The Kier molecular flexibility index (Phi) is 15.8. The van der Waals surface area contributed by atoms with Crippen LogP contribution in [0.5, 0.6) is 0 Å². The maximum atomic E-state index is 10.9. The Bertz CT molecular complexity index is 293. The van der Waals surface area contributed by atoms with E-state index in [4.69, 9.17) is 0 Å². The summed E-state index contributed by atoms with van der Waals surface area (Å²) in [6, 6.07) is 0. The van der Waals surface area contributed by atoms with Crippen LogP contribution in [0.2, 0.25) is 0 Å². The molecule has 0 fully saturated rings. The molecule has 0 bridgehead atoms. The van der Waals surface area contributed by atoms with Gasteiger partial charge in [0.05, 0.1) is 16.2 Å². The fourth-order valence-electron chi connectivity index (χ4n) is 2.08. The third-order valence-corrected chi connectivity index (χ3v) is 4.70. The second-order valence-corrected chi connectivity index (χ2v) is 6.61. The molecule has 0 heterocycles. The average Bonchev–Trinajstić information content (AvgIpc) is 2.28. The summed E-state index contributed by atoms with van der Waals surface area (Å²) in [5.74, 6) is 0. The third-order valence-electron chi connectivity index (χ3n) is 3.32. The molecule has 0 aliphatic rings. The Balaban J connectivity index is 0. The Morgan fingerprint density at radius 3 is 2.05 bits per heavy atom. The molecule has 0 aromatic heterocycles. The van der Waals surface area contributed by atoms with Crippen LogP contribution >= 0.6 is 0 Å². The van der Waals surface area contributed by atoms with Gasteiger partial charge in [-0.2, -0.15) is 0 Å². The van der Waals surface area contributed by atoms with Crippen LogP contribution in [0.4, 0.5) is 0 Å². The molecular weight excluding hydrogens is 291 g/mol. The normalized spacial score (nSPS) is 14.7. The van der Waals surface area contributed by atoms with Crippen molar-refractivity contribution >= 4 is 10.1 Å². The molecule has 2 unspecified atom stereocenters. The summed E-state index contributed by atoms with van der Waals surface area (Å²) in [7, 11) is -4.17. The summed E-state index contributed by atoms with van der Waals surface area (Å²) in [5, 5.41) is 8.92. The van der Waals surface area contributed by atoms with Crippen LogP contribution in [0.15, 0.2) is 0 Å². The summed E-state index contributed by atoms with van der Waals surface area (Å²) in [6.45, 7) is 3.85. The van der Waals surface area contributed by atoms with Crippen molar-refractivity contribution in [2.75, 3.05) is 0 Å². The topological polar surface area (TPSA) is 77.4 Å². The Labute approximate surface area is 160 Å². The monoisotopic (exact) mass is 318 g/mol. The summed E-state index contributed by atoms with van der Waals surface area (Å²) in [6.07, 6.45) is 6.88. The van der Waals surface area contributed by atoms with Crippen LogP contribution in [0.1, 0.15) is 71.6 Å². The molecule has 0 aliphatic heterocycles. The molecule has 0 saturated carbocycles. The van der Waals surface area contributed by atoms with Gasteiger partial charge in [0, 0.05) is 5.25 Å². The first-order valence-electron chi connectivity index (χ1n) is 7.04. The van der Waals surface area contributed by atoms with E-state index in [0.717, 1.165) is 19.3 Å². The van der Waals surface area contributed by atoms with E-state index in [1.54, 1.807) is 6.92 Å². The Morgan fingerprint density at radius 1 is 1.00 bits per heavy atom. The number of unbranched alkanes of at least 4 members (excludes halogenated alkanes) is 3. The van der Waals surface area contributed by atoms with Gasteiger partial charge in [-0.05, 0) is 32.1 Å². The van der Waals surface area contributed by atoms with Crippen LogP contribution in [-0.2, 0) is 10.1 Å². The minimum atomic E-state index is -4.17. The van der Waals surface area contributed by atoms with Crippen molar-refractivity contribution in [3.05, 3.63) is 0 Å². The third kappa shape index (κ3) is 12.9. The van der Waals surface area contributed by atoms with Crippen LogP contribution in [0.25, 0.3) is 0 Å². The zero-order valence-electron chi connectivity index (χ0n) is 12.6. The van der Waals surface area contributed by atoms with Crippen molar-refractivity contribution < 1.29 is 69.5 Å². The molecule has 0 radical (unpaired) electrons. The van der Waals surface area contributed by atoms with E-state index in [1.807, 2.05) is 0 Å². The minimum absolute atomic E-state index is 0. The van der Waals surface area contributed by atoms with Gasteiger partial charge in [-0.1, -0.05) is 39.5 Å². The van der Waals surface area contributed by atoms with E-state index in [9.17, 15) is 18.1 Å². The van der Waals surface area contributed by atoms with Gasteiger partial charge in [0.15, 0.2) is 0 Å². The van der Waals surface area contributed by atoms with Gasteiger partial charge in [-0.25, -0.2) is 8.42 Å². The van der Waals surface area contributed by atoms with Gasteiger partial charge in [0.2, 0.25) is 0 Å². The molecule has 0 saturated heterocycles. The van der Waals surface area contributed by atoms with Crippen molar-refractivity contribution in [2.45, 2.75) is 83.0 Å². The van der Waals surface area contributed by atoms with Crippen LogP contribution in [0, 0.1) is 0 Å². The van der Waals surface area contributed by atoms with E-state index >= 15 is 0 Å². The van der Waals surface area contributed by atoms with E-state index in [1.165, 1.54) is 12.8 Å². The fourth-order valence-corrected chi connectivity index (χ4v) is 2.95. The summed E-state index contributed by atoms with van der Waals surface area (Å²) >= 11 is 0. The number of hydrogen-bond donors (Lipinski definition) is 1. The molecule has 19 heavy (non-hydrogen) atoms. The summed E-state index contributed by atoms with van der Waals surface area (Å²) in [4.78, 5) is 0. The molecule has 1 N–H and O–H groups in total. The molecule has 0 aromatic rings. The Hall–Kier alpha value is 1.51. The molecule has 0 aromatic carbocycles. The summed E-state index contributed by atoms with van der Waals surface area (Å²) < 4.78 is 32.6. The molecular formula is C13H27KO4S. The fraction of sp³-hybridized carbons (Fsp3) is 1.00. The largest absolute Gasteiger partial charge is 1.00 e. The molecule has 0 amide bonds. The van der Waals surface area contributed by atoms with Gasteiger partial charge in [-0.15, -0.1) is 0 Å². The van der Waals surface area contributed by atoms with Crippen molar-refractivity contribution in [3.63, 3.8) is 0 Å². The first-order valence-corrected chi connectivity index (χ1v) is 8.51. The zero-order valence-corrected chi connectivity index (χ0v) is 16.5. The van der Waals surface area contributed by atoms with Crippen molar-refractivity contribution in [3.8, 4) is 0 Å².